The van der Waals surface area contributed by atoms with Crippen LogP contribution in [-0.2, 0) is 9.47 Å². The van der Waals surface area contributed by atoms with Crippen molar-refractivity contribution in [2.45, 2.75) is 25.6 Å². The van der Waals surface area contributed by atoms with Crippen molar-refractivity contribution in [3.63, 3.8) is 0 Å². The minimum atomic E-state index is -0.409. The molecule has 5 heteroatoms. The maximum atomic E-state index is 5.78. The summed E-state index contributed by atoms with van der Waals surface area (Å²) < 4.78 is 11.6. The number of hydrogen-bond donors (Lipinski definition) is 1. The first-order chi connectivity index (χ1) is 8.69. The van der Waals surface area contributed by atoms with Gasteiger partial charge in [-0.1, -0.05) is 0 Å². The fourth-order valence-corrected chi connectivity index (χ4v) is 2.82. The lowest BCUT2D eigenvalue weighted by atomic mass is 10.0. The van der Waals surface area contributed by atoms with Crippen LogP contribution in [0, 0.1) is 6.92 Å². The summed E-state index contributed by atoms with van der Waals surface area (Å²) in [6.07, 6.45) is 3.74. The predicted octanol–water partition coefficient (Wildman–Crippen LogP) is 1.32. The molecular formula is C13H19N3O2. The first kappa shape index (κ1) is 11.7. The fourth-order valence-electron chi connectivity index (χ4n) is 2.82. The van der Waals surface area contributed by atoms with Gasteiger partial charge in [-0.05, 0) is 25.0 Å². The van der Waals surface area contributed by atoms with Crippen molar-refractivity contribution >= 4 is 11.5 Å². The van der Waals surface area contributed by atoms with Gasteiger partial charge in [-0.25, -0.2) is 4.98 Å². The SMILES string of the molecule is Cc1cc(N)cnc1N1CCCC2(C1)OCCO2. The highest BCUT2D eigenvalue weighted by Gasteiger charge is 2.41. The van der Waals surface area contributed by atoms with Gasteiger partial charge in [-0.2, -0.15) is 0 Å². The summed E-state index contributed by atoms with van der Waals surface area (Å²) >= 11 is 0. The van der Waals surface area contributed by atoms with Crippen molar-refractivity contribution in [3.05, 3.63) is 17.8 Å². The van der Waals surface area contributed by atoms with Gasteiger partial charge in [0.1, 0.15) is 5.82 Å². The van der Waals surface area contributed by atoms with E-state index in [1.165, 1.54) is 0 Å². The fraction of sp³-hybridized carbons (Fsp3) is 0.615. The molecule has 0 unspecified atom stereocenters. The van der Waals surface area contributed by atoms with Crippen molar-refractivity contribution in [1.29, 1.82) is 0 Å². The first-order valence-electron chi connectivity index (χ1n) is 6.44. The normalized spacial score (nSPS) is 22.6. The molecule has 98 valence electrons. The second-order valence-corrected chi connectivity index (χ2v) is 5.04. The van der Waals surface area contributed by atoms with Crippen LogP contribution in [0.25, 0.3) is 0 Å². The van der Waals surface area contributed by atoms with Gasteiger partial charge in [0.05, 0.1) is 31.6 Å². The van der Waals surface area contributed by atoms with Crippen molar-refractivity contribution in [2.75, 3.05) is 36.9 Å². The largest absolute Gasteiger partial charge is 0.397 e. The Hall–Kier alpha value is -1.33. The number of anilines is 2. The predicted molar refractivity (Wildman–Crippen MR) is 69.5 cm³/mol. The molecule has 1 aromatic heterocycles. The van der Waals surface area contributed by atoms with Crippen LogP contribution < -0.4 is 10.6 Å². The number of aryl methyl sites for hydroxylation is 1. The molecule has 3 rings (SSSR count). The van der Waals surface area contributed by atoms with Gasteiger partial charge in [0.15, 0.2) is 5.79 Å². The Morgan fingerprint density at radius 2 is 2.17 bits per heavy atom. The molecule has 0 aromatic carbocycles. The van der Waals surface area contributed by atoms with Gasteiger partial charge < -0.3 is 20.1 Å². The lowest BCUT2D eigenvalue weighted by Gasteiger charge is -2.39. The molecule has 0 saturated carbocycles. The monoisotopic (exact) mass is 249 g/mol. The van der Waals surface area contributed by atoms with Gasteiger partial charge in [-0.3, -0.25) is 0 Å². The van der Waals surface area contributed by atoms with Crippen LogP contribution >= 0.6 is 0 Å². The summed E-state index contributed by atoms with van der Waals surface area (Å²) in [4.78, 5) is 6.69. The van der Waals surface area contributed by atoms with E-state index in [0.717, 1.165) is 37.3 Å². The highest BCUT2D eigenvalue weighted by molar-refractivity contribution is 5.53. The van der Waals surface area contributed by atoms with E-state index in [0.29, 0.717) is 18.9 Å². The van der Waals surface area contributed by atoms with Gasteiger partial charge in [0.2, 0.25) is 0 Å². The molecule has 0 aliphatic carbocycles. The number of ether oxygens (including phenoxy) is 2. The van der Waals surface area contributed by atoms with Crippen LogP contribution in [-0.4, -0.2) is 37.1 Å². The van der Waals surface area contributed by atoms with Crippen molar-refractivity contribution in [3.8, 4) is 0 Å². The lowest BCUT2D eigenvalue weighted by molar-refractivity contribution is -0.161. The molecule has 0 bridgehead atoms. The Bertz CT molecular complexity index is 444. The number of rotatable bonds is 1. The lowest BCUT2D eigenvalue weighted by Crippen LogP contribution is -2.49. The van der Waals surface area contributed by atoms with E-state index < -0.39 is 5.79 Å². The number of nitrogens with zero attached hydrogens (tertiary/aromatic N) is 2. The van der Waals surface area contributed by atoms with Gasteiger partial charge in [-0.15, -0.1) is 0 Å². The minimum Gasteiger partial charge on any atom is -0.397 e. The Balaban J connectivity index is 1.83. The molecule has 2 aliphatic heterocycles. The third-order valence-electron chi connectivity index (χ3n) is 3.60. The zero-order valence-corrected chi connectivity index (χ0v) is 10.7. The maximum absolute atomic E-state index is 5.78. The van der Waals surface area contributed by atoms with Gasteiger partial charge in [0, 0.05) is 13.0 Å². The highest BCUT2D eigenvalue weighted by atomic mass is 16.7. The number of piperidine rings is 1. The molecule has 1 aromatic rings. The summed E-state index contributed by atoms with van der Waals surface area (Å²) in [5.41, 5.74) is 7.55. The van der Waals surface area contributed by atoms with Crippen molar-refractivity contribution in [1.82, 2.24) is 4.98 Å². The molecule has 0 amide bonds. The summed E-state index contributed by atoms with van der Waals surface area (Å²) in [6, 6.07) is 1.96. The van der Waals surface area contributed by atoms with Gasteiger partial charge >= 0.3 is 0 Å². The van der Waals surface area contributed by atoms with Crippen LogP contribution in [0.1, 0.15) is 18.4 Å². The summed E-state index contributed by atoms with van der Waals surface area (Å²) in [5, 5.41) is 0. The van der Waals surface area contributed by atoms with Crippen LogP contribution in [0.5, 0.6) is 0 Å². The molecule has 18 heavy (non-hydrogen) atoms. The average Bonchev–Trinajstić information content (AvgIpc) is 2.77. The third kappa shape index (κ3) is 2.04. The molecule has 2 aliphatic rings. The van der Waals surface area contributed by atoms with Crippen LogP contribution in [0.4, 0.5) is 11.5 Å². The van der Waals surface area contributed by atoms with Crippen LogP contribution in [0.15, 0.2) is 12.3 Å². The Morgan fingerprint density at radius 1 is 1.39 bits per heavy atom. The Morgan fingerprint density at radius 3 is 2.89 bits per heavy atom. The smallest absolute Gasteiger partial charge is 0.186 e. The number of aromatic nitrogens is 1. The second kappa shape index (κ2) is 4.40. The molecule has 2 saturated heterocycles. The molecule has 3 heterocycles. The van der Waals surface area contributed by atoms with Crippen LogP contribution in [0.3, 0.4) is 0 Å². The maximum Gasteiger partial charge on any atom is 0.186 e. The third-order valence-corrected chi connectivity index (χ3v) is 3.60. The van der Waals surface area contributed by atoms with E-state index in [-0.39, 0.29) is 0 Å². The summed E-state index contributed by atoms with van der Waals surface area (Å²) in [6.45, 7) is 5.18. The zero-order chi connectivity index (χ0) is 12.6. The highest BCUT2D eigenvalue weighted by Crippen LogP contribution is 2.33. The molecule has 0 radical (unpaired) electrons. The zero-order valence-electron chi connectivity index (χ0n) is 10.7. The molecule has 2 fully saturated rings. The summed E-state index contributed by atoms with van der Waals surface area (Å²) in [5.74, 6) is 0.579. The van der Waals surface area contributed by atoms with Crippen molar-refractivity contribution < 1.29 is 9.47 Å². The standard InChI is InChI=1S/C13H19N3O2/c1-10-7-11(14)8-15-12(10)16-4-2-3-13(9-16)17-5-6-18-13/h7-8H,2-6,9,14H2,1H3. The number of hydrogen-bond acceptors (Lipinski definition) is 5. The molecule has 1 spiro atoms. The van der Waals surface area contributed by atoms with Crippen molar-refractivity contribution in [2.24, 2.45) is 0 Å². The topological polar surface area (TPSA) is 60.6 Å². The van der Waals surface area contributed by atoms with Gasteiger partial charge in [0.25, 0.3) is 0 Å². The number of nitrogens with two attached hydrogens (primary N) is 1. The average molecular weight is 249 g/mol. The van der Waals surface area contributed by atoms with E-state index in [1.54, 1.807) is 6.20 Å². The second-order valence-electron chi connectivity index (χ2n) is 5.04. The quantitative estimate of drug-likeness (QED) is 0.813. The number of nitrogen functional groups attached to an aromatic ring is 1. The molecule has 0 atom stereocenters. The number of pyridine rings is 1. The Kier molecular flexibility index (Phi) is 2.87. The van der Waals surface area contributed by atoms with E-state index in [4.69, 9.17) is 15.2 Å². The van der Waals surface area contributed by atoms with E-state index in [9.17, 15) is 0 Å². The molecular weight excluding hydrogens is 230 g/mol. The first-order valence-corrected chi connectivity index (χ1v) is 6.44. The summed E-state index contributed by atoms with van der Waals surface area (Å²) in [7, 11) is 0. The van der Waals surface area contributed by atoms with E-state index >= 15 is 0 Å². The van der Waals surface area contributed by atoms with E-state index in [1.807, 2.05) is 13.0 Å². The molecule has 5 nitrogen and oxygen atoms in total. The van der Waals surface area contributed by atoms with Crippen LogP contribution in [0.2, 0.25) is 0 Å². The Labute approximate surface area is 107 Å². The minimum absolute atomic E-state index is 0.409. The van der Waals surface area contributed by atoms with E-state index in [2.05, 4.69) is 9.88 Å². The molecule has 2 N–H and O–H groups in total.